The Hall–Kier alpha value is -1.13. The first-order valence-corrected chi connectivity index (χ1v) is 5.36. The first-order valence-electron chi connectivity index (χ1n) is 4.48. The molecule has 0 aliphatic rings. The Kier molecular flexibility index (Phi) is 2.65. The molecule has 2 heterocycles. The summed E-state index contributed by atoms with van der Waals surface area (Å²) >= 11 is 1.70. The molecule has 14 heavy (non-hydrogen) atoms. The van der Waals surface area contributed by atoms with E-state index < -0.39 is 0 Å². The van der Waals surface area contributed by atoms with Crippen LogP contribution >= 0.6 is 11.3 Å². The third kappa shape index (κ3) is 1.58. The molecule has 0 aromatic carbocycles. The fourth-order valence-corrected chi connectivity index (χ4v) is 2.20. The zero-order valence-electron chi connectivity index (χ0n) is 7.97. The van der Waals surface area contributed by atoms with Gasteiger partial charge in [-0.15, -0.1) is 11.3 Å². The lowest BCUT2D eigenvalue weighted by molar-refractivity contribution is 0.295. The maximum absolute atomic E-state index is 8.83. The molecule has 3 nitrogen and oxygen atoms in total. The highest BCUT2D eigenvalue weighted by Gasteiger charge is 2.07. The van der Waals surface area contributed by atoms with Crippen LogP contribution in [0.1, 0.15) is 5.82 Å². The number of imidazole rings is 1. The van der Waals surface area contributed by atoms with E-state index in [4.69, 9.17) is 5.11 Å². The van der Waals surface area contributed by atoms with Gasteiger partial charge in [0.2, 0.25) is 0 Å². The lowest BCUT2D eigenvalue weighted by atomic mass is 10.3. The Morgan fingerprint density at radius 2 is 2.43 bits per heavy atom. The van der Waals surface area contributed by atoms with Gasteiger partial charge in [-0.3, -0.25) is 0 Å². The summed E-state index contributed by atoms with van der Waals surface area (Å²) in [5.74, 6) is 0.927. The van der Waals surface area contributed by atoms with E-state index in [1.807, 2.05) is 29.3 Å². The third-order valence-electron chi connectivity index (χ3n) is 2.19. The van der Waals surface area contributed by atoms with E-state index in [1.165, 1.54) is 4.88 Å². The number of aliphatic hydroxyl groups is 1. The topological polar surface area (TPSA) is 38.0 Å². The van der Waals surface area contributed by atoms with Gasteiger partial charge >= 0.3 is 0 Å². The van der Waals surface area contributed by atoms with E-state index in [-0.39, 0.29) is 6.61 Å². The van der Waals surface area contributed by atoms with Crippen molar-refractivity contribution in [2.24, 2.45) is 7.05 Å². The molecule has 0 bridgehead atoms. The van der Waals surface area contributed by atoms with Crippen LogP contribution in [-0.4, -0.2) is 21.3 Å². The molecular formula is C10H12N2OS. The van der Waals surface area contributed by atoms with Crippen LogP contribution in [0.3, 0.4) is 0 Å². The van der Waals surface area contributed by atoms with Crippen molar-refractivity contribution in [1.29, 1.82) is 0 Å². The van der Waals surface area contributed by atoms with Crippen LogP contribution in [0.25, 0.3) is 10.6 Å². The minimum absolute atomic E-state index is 0.148. The molecule has 0 saturated carbocycles. The van der Waals surface area contributed by atoms with Crippen molar-refractivity contribution < 1.29 is 5.11 Å². The Balaban J connectivity index is 2.36. The molecule has 0 aliphatic carbocycles. The van der Waals surface area contributed by atoms with E-state index >= 15 is 0 Å². The van der Waals surface area contributed by atoms with Crippen LogP contribution in [0.15, 0.2) is 23.7 Å². The normalized spacial score (nSPS) is 10.7. The van der Waals surface area contributed by atoms with Gasteiger partial charge in [0, 0.05) is 13.5 Å². The molecule has 2 rings (SSSR count). The maximum atomic E-state index is 8.83. The Labute approximate surface area is 86.7 Å². The van der Waals surface area contributed by atoms with Gasteiger partial charge in [0.15, 0.2) is 0 Å². The number of hydrogen-bond acceptors (Lipinski definition) is 3. The molecule has 0 amide bonds. The standard InChI is InChI=1S/C10H12N2OS/c1-12-8(9-3-2-6-14-9)7-11-10(12)4-5-13/h2-3,6-7,13H,4-5H2,1H3. The molecular weight excluding hydrogens is 196 g/mol. The zero-order valence-corrected chi connectivity index (χ0v) is 8.79. The minimum Gasteiger partial charge on any atom is -0.396 e. The highest BCUT2D eigenvalue weighted by molar-refractivity contribution is 7.13. The molecule has 0 aliphatic heterocycles. The average Bonchev–Trinajstić information content (AvgIpc) is 2.77. The zero-order chi connectivity index (χ0) is 9.97. The van der Waals surface area contributed by atoms with Crippen molar-refractivity contribution in [3.63, 3.8) is 0 Å². The summed E-state index contributed by atoms with van der Waals surface area (Å²) in [4.78, 5) is 5.48. The Morgan fingerprint density at radius 3 is 3.07 bits per heavy atom. The van der Waals surface area contributed by atoms with E-state index in [1.54, 1.807) is 11.3 Å². The highest BCUT2D eigenvalue weighted by Crippen LogP contribution is 2.24. The molecule has 0 atom stereocenters. The molecule has 4 heteroatoms. The van der Waals surface area contributed by atoms with Crippen LogP contribution in [-0.2, 0) is 13.5 Å². The maximum Gasteiger partial charge on any atom is 0.111 e. The second kappa shape index (κ2) is 3.94. The molecule has 0 unspecified atom stereocenters. The molecule has 1 N–H and O–H groups in total. The number of rotatable bonds is 3. The number of thiophene rings is 1. The molecule has 0 spiro atoms. The molecule has 0 radical (unpaired) electrons. The van der Waals surface area contributed by atoms with Crippen molar-refractivity contribution in [3.8, 4) is 10.6 Å². The smallest absolute Gasteiger partial charge is 0.111 e. The van der Waals surface area contributed by atoms with Crippen LogP contribution in [0.2, 0.25) is 0 Å². The summed E-state index contributed by atoms with van der Waals surface area (Å²) in [5.41, 5.74) is 1.11. The van der Waals surface area contributed by atoms with Crippen molar-refractivity contribution in [2.75, 3.05) is 6.61 Å². The minimum atomic E-state index is 0.148. The van der Waals surface area contributed by atoms with Gasteiger partial charge in [-0.05, 0) is 11.4 Å². The summed E-state index contributed by atoms with van der Waals surface area (Å²) in [6.45, 7) is 0.148. The van der Waals surface area contributed by atoms with Crippen LogP contribution < -0.4 is 0 Å². The van der Waals surface area contributed by atoms with Gasteiger partial charge in [-0.2, -0.15) is 0 Å². The fourth-order valence-electron chi connectivity index (χ4n) is 1.43. The predicted molar refractivity (Wildman–Crippen MR) is 57.3 cm³/mol. The Morgan fingerprint density at radius 1 is 1.57 bits per heavy atom. The van der Waals surface area contributed by atoms with E-state index in [0.29, 0.717) is 6.42 Å². The summed E-state index contributed by atoms with van der Waals surface area (Å²) in [5, 5.41) is 10.9. The van der Waals surface area contributed by atoms with E-state index in [2.05, 4.69) is 11.1 Å². The highest BCUT2D eigenvalue weighted by atomic mass is 32.1. The number of hydrogen-bond donors (Lipinski definition) is 1. The quantitative estimate of drug-likeness (QED) is 0.833. The van der Waals surface area contributed by atoms with Crippen LogP contribution in [0.4, 0.5) is 0 Å². The molecule has 0 fully saturated rings. The number of nitrogens with zero attached hydrogens (tertiary/aromatic N) is 2. The number of aliphatic hydroxyl groups excluding tert-OH is 1. The van der Waals surface area contributed by atoms with Crippen molar-refractivity contribution in [2.45, 2.75) is 6.42 Å². The first kappa shape index (κ1) is 9.43. The van der Waals surface area contributed by atoms with Gasteiger partial charge in [-0.25, -0.2) is 4.98 Å². The molecule has 0 saturated heterocycles. The summed E-state index contributed by atoms with van der Waals surface area (Å²) in [7, 11) is 1.98. The van der Waals surface area contributed by atoms with Crippen LogP contribution in [0.5, 0.6) is 0 Å². The Bertz CT molecular complexity index is 406. The summed E-state index contributed by atoms with van der Waals surface area (Å²) in [6.07, 6.45) is 2.47. The molecule has 2 aromatic rings. The lowest BCUT2D eigenvalue weighted by Gasteiger charge is -2.02. The first-order chi connectivity index (χ1) is 6.83. The van der Waals surface area contributed by atoms with Gasteiger partial charge < -0.3 is 9.67 Å². The second-order valence-corrected chi connectivity index (χ2v) is 4.02. The van der Waals surface area contributed by atoms with Gasteiger partial charge in [0.1, 0.15) is 5.82 Å². The average molecular weight is 208 g/mol. The van der Waals surface area contributed by atoms with Gasteiger partial charge in [-0.1, -0.05) is 6.07 Å². The lowest BCUT2D eigenvalue weighted by Crippen LogP contribution is -2.01. The van der Waals surface area contributed by atoms with Gasteiger partial charge in [0.25, 0.3) is 0 Å². The largest absolute Gasteiger partial charge is 0.396 e. The van der Waals surface area contributed by atoms with Crippen LogP contribution in [0, 0.1) is 0 Å². The fraction of sp³-hybridized carbons (Fsp3) is 0.300. The van der Waals surface area contributed by atoms with E-state index in [9.17, 15) is 0 Å². The summed E-state index contributed by atoms with van der Waals surface area (Å²) < 4.78 is 2.03. The third-order valence-corrected chi connectivity index (χ3v) is 3.09. The van der Waals surface area contributed by atoms with Crippen molar-refractivity contribution in [1.82, 2.24) is 9.55 Å². The van der Waals surface area contributed by atoms with E-state index in [0.717, 1.165) is 11.5 Å². The number of aromatic nitrogens is 2. The van der Waals surface area contributed by atoms with Gasteiger partial charge in [0.05, 0.1) is 23.4 Å². The monoisotopic (exact) mass is 208 g/mol. The molecule has 74 valence electrons. The SMILES string of the molecule is Cn1c(-c2cccs2)cnc1CCO. The molecule has 2 aromatic heterocycles. The second-order valence-electron chi connectivity index (χ2n) is 3.07. The summed E-state index contributed by atoms with van der Waals surface area (Å²) in [6, 6.07) is 4.10. The predicted octanol–water partition coefficient (Wildman–Crippen LogP) is 1.68. The van der Waals surface area contributed by atoms with Crippen molar-refractivity contribution >= 4 is 11.3 Å². The van der Waals surface area contributed by atoms with Crippen molar-refractivity contribution in [3.05, 3.63) is 29.5 Å².